The van der Waals surface area contributed by atoms with Gasteiger partial charge in [-0.25, -0.2) is 0 Å². The average Bonchev–Trinajstić information content (AvgIpc) is 2.90. The van der Waals surface area contributed by atoms with Gasteiger partial charge in [-0.3, -0.25) is 19.3 Å². The Hall–Kier alpha value is -1.86. The van der Waals surface area contributed by atoms with Crippen LogP contribution in [-0.2, 0) is 11.3 Å². The van der Waals surface area contributed by atoms with Crippen molar-refractivity contribution >= 4 is 28.8 Å². The number of benzene rings is 1. The Bertz CT molecular complexity index is 647. The standard InChI is InChI=1S/C18H25N3O3S/c1-12(2)15(19)7-8-20(3)17(23)14-6-4-5-13(9-14)10-21-16(22)11-25-18(21)24/h4-6,9,12,15H,7-8,10-11,19H2,1-3H3. The Kier molecular flexibility index (Phi) is 6.61. The first kappa shape index (κ1) is 19.5. The van der Waals surface area contributed by atoms with E-state index >= 15 is 0 Å². The maximum Gasteiger partial charge on any atom is 0.289 e. The van der Waals surface area contributed by atoms with Gasteiger partial charge in [0, 0.05) is 25.2 Å². The summed E-state index contributed by atoms with van der Waals surface area (Å²) in [6.07, 6.45) is 0.744. The molecule has 0 aromatic heterocycles. The fourth-order valence-electron chi connectivity index (χ4n) is 2.52. The lowest BCUT2D eigenvalue weighted by Crippen LogP contribution is -2.34. The van der Waals surface area contributed by atoms with Gasteiger partial charge in [0.1, 0.15) is 0 Å². The molecule has 7 heteroatoms. The maximum absolute atomic E-state index is 12.6. The molecule has 0 saturated carbocycles. The molecule has 0 bridgehead atoms. The second-order valence-electron chi connectivity index (χ2n) is 6.66. The van der Waals surface area contributed by atoms with Crippen LogP contribution in [0.1, 0.15) is 36.2 Å². The summed E-state index contributed by atoms with van der Waals surface area (Å²) in [6, 6.07) is 7.13. The van der Waals surface area contributed by atoms with E-state index in [1.165, 1.54) is 4.90 Å². The van der Waals surface area contributed by atoms with Gasteiger partial charge < -0.3 is 10.6 Å². The van der Waals surface area contributed by atoms with Crippen molar-refractivity contribution in [2.75, 3.05) is 19.3 Å². The summed E-state index contributed by atoms with van der Waals surface area (Å²) >= 11 is 1.01. The third-order valence-corrected chi connectivity index (χ3v) is 5.21. The smallest absolute Gasteiger partial charge is 0.289 e. The van der Waals surface area contributed by atoms with Gasteiger partial charge in [0.2, 0.25) is 5.91 Å². The lowest BCUT2D eigenvalue weighted by atomic mass is 10.0. The number of hydrogen-bond donors (Lipinski definition) is 1. The van der Waals surface area contributed by atoms with E-state index in [4.69, 9.17) is 5.73 Å². The average molecular weight is 363 g/mol. The van der Waals surface area contributed by atoms with Gasteiger partial charge in [0.05, 0.1) is 12.3 Å². The van der Waals surface area contributed by atoms with E-state index < -0.39 is 0 Å². The molecule has 0 aliphatic carbocycles. The topological polar surface area (TPSA) is 83.7 Å². The van der Waals surface area contributed by atoms with Crippen molar-refractivity contribution in [3.63, 3.8) is 0 Å². The normalized spacial score (nSPS) is 15.8. The summed E-state index contributed by atoms with van der Waals surface area (Å²) in [7, 11) is 1.76. The predicted octanol–water partition coefficient (Wildman–Crippen LogP) is 2.33. The molecule has 2 N–H and O–H groups in total. The molecule has 6 nitrogen and oxygen atoms in total. The van der Waals surface area contributed by atoms with Crippen molar-refractivity contribution in [2.24, 2.45) is 11.7 Å². The van der Waals surface area contributed by atoms with Crippen molar-refractivity contribution in [3.05, 3.63) is 35.4 Å². The van der Waals surface area contributed by atoms with Crippen LogP contribution in [0.5, 0.6) is 0 Å². The number of nitrogens with two attached hydrogens (primary N) is 1. The first-order valence-electron chi connectivity index (χ1n) is 8.36. The van der Waals surface area contributed by atoms with Crippen molar-refractivity contribution in [3.8, 4) is 0 Å². The zero-order valence-corrected chi connectivity index (χ0v) is 15.7. The molecule has 1 saturated heterocycles. The zero-order chi connectivity index (χ0) is 18.6. The number of hydrogen-bond acceptors (Lipinski definition) is 5. The fraction of sp³-hybridized carbons (Fsp3) is 0.500. The van der Waals surface area contributed by atoms with E-state index in [0.29, 0.717) is 18.0 Å². The Morgan fingerprint density at radius 2 is 2.08 bits per heavy atom. The Morgan fingerprint density at radius 3 is 2.68 bits per heavy atom. The van der Waals surface area contributed by atoms with Crippen LogP contribution in [0.2, 0.25) is 0 Å². The third kappa shape index (κ3) is 5.06. The van der Waals surface area contributed by atoms with Crippen LogP contribution in [-0.4, -0.2) is 52.2 Å². The molecular formula is C18H25N3O3S. The molecule has 3 amide bonds. The maximum atomic E-state index is 12.6. The van der Waals surface area contributed by atoms with Crippen LogP contribution in [0.25, 0.3) is 0 Å². The molecule has 1 fully saturated rings. The van der Waals surface area contributed by atoms with E-state index in [1.807, 2.05) is 6.07 Å². The number of imide groups is 1. The summed E-state index contributed by atoms with van der Waals surface area (Å²) in [5, 5.41) is -0.235. The highest BCUT2D eigenvalue weighted by Crippen LogP contribution is 2.21. The molecule has 136 valence electrons. The minimum absolute atomic E-state index is 0.0614. The van der Waals surface area contributed by atoms with Gasteiger partial charge in [-0.15, -0.1) is 0 Å². The van der Waals surface area contributed by atoms with Crippen molar-refractivity contribution in [2.45, 2.75) is 32.9 Å². The van der Waals surface area contributed by atoms with Crippen LogP contribution in [0, 0.1) is 5.92 Å². The lowest BCUT2D eigenvalue weighted by Gasteiger charge is -2.22. The number of rotatable bonds is 7. The van der Waals surface area contributed by atoms with Crippen LogP contribution >= 0.6 is 11.8 Å². The molecule has 1 atom stereocenters. The highest BCUT2D eigenvalue weighted by atomic mass is 32.2. The summed E-state index contributed by atoms with van der Waals surface area (Å²) in [4.78, 5) is 38.9. The van der Waals surface area contributed by atoms with Gasteiger partial charge in [0.15, 0.2) is 0 Å². The number of carbonyl (C=O) groups excluding carboxylic acids is 3. The molecule has 0 radical (unpaired) electrons. The monoisotopic (exact) mass is 363 g/mol. The van der Waals surface area contributed by atoms with Gasteiger partial charge in [-0.1, -0.05) is 37.7 Å². The quantitative estimate of drug-likeness (QED) is 0.804. The zero-order valence-electron chi connectivity index (χ0n) is 14.9. The van der Waals surface area contributed by atoms with E-state index in [-0.39, 0.29) is 35.4 Å². The van der Waals surface area contributed by atoms with Crippen LogP contribution in [0.4, 0.5) is 4.79 Å². The largest absolute Gasteiger partial charge is 0.342 e. The second kappa shape index (κ2) is 8.49. The minimum atomic E-state index is -0.235. The molecule has 1 heterocycles. The summed E-state index contributed by atoms with van der Waals surface area (Å²) in [5.74, 6) is 0.286. The van der Waals surface area contributed by atoms with Crippen molar-refractivity contribution in [1.82, 2.24) is 9.80 Å². The van der Waals surface area contributed by atoms with Gasteiger partial charge in [-0.05, 0) is 30.0 Å². The van der Waals surface area contributed by atoms with Crippen LogP contribution in [0.15, 0.2) is 24.3 Å². The van der Waals surface area contributed by atoms with Crippen molar-refractivity contribution < 1.29 is 14.4 Å². The Morgan fingerprint density at radius 1 is 1.36 bits per heavy atom. The molecule has 1 aromatic carbocycles. The van der Waals surface area contributed by atoms with Gasteiger partial charge in [0.25, 0.3) is 11.1 Å². The first-order valence-corrected chi connectivity index (χ1v) is 9.35. The highest BCUT2D eigenvalue weighted by molar-refractivity contribution is 8.14. The number of nitrogens with zero attached hydrogens (tertiary/aromatic N) is 2. The Labute approximate surface area is 152 Å². The fourth-order valence-corrected chi connectivity index (χ4v) is 3.24. The number of carbonyl (C=O) groups is 3. The van der Waals surface area contributed by atoms with E-state index in [0.717, 1.165) is 23.7 Å². The molecule has 0 spiro atoms. The van der Waals surface area contributed by atoms with E-state index in [2.05, 4.69) is 13.8 Å². The molecule has 2 rings (SSSR count). The third-order valence-electron chi connectivity index (χ3n) is 4.36. The highest BCUT2D eigenvalue weighted by Gasteiger charge is 2.29. The molecular weight excluding hydrogens is 338 g/mol. The number of amides is 3. The summed E-state index contributed by atoms with van der Waals surface area (Å²) in [6.45, 7) is 4.92. The van der Waals surface area contributed by atoms with Gasteiger partial charge >= 0.3 is 0 Å². The first-order chi connectivity index (χ1) is 11.8. The number of thioether (sulfide) groups is 1. The van der Waals surface area contributed by atoms with Crippen LogP contribution < -0.4 is 5.73 Å². The lowest BCUT2D eigenvalue weighted by molar-refractivity contribution is -0.125. The van der Waals surface area contributed by atoms with Crippen molar-refractivity contribution in [1.29, 1.82) is 0 Å². The predicted molar refractivity (Wildman–Crippen MR) is 99.2 cm³/mol. The summed E-state index contributed by atoms with van der Waals surface area (Å²) in [5.41, 5.74) is 7.35. The molecule has 1 aliphatic heterocycles. The van der Waals surface area contributed by atoms with Crippen LogP contribution in [0.3, 0.4) is 0 Å². The molecule has 25 heavy (non-hydrogen) atoms. The molecule has 1 unspecified atom stereocenters. The second-order valence-corrected chi connectivity index (χ2v) is 7.58. The Balaban J connectivity index is 2.01. The van der Waals surface area contributed by atoms with E-state index in [1.54, 1.807) is 30.1 Å². The SMILES string of the molecule is CC(C)C(N)CCN(C)C(=O)c1cccc(CN2C(=O)CSC2=O)c1. The summed E-state index contributed by atoms with van der Waals surface area (Å²) < 4.78 is 0. The van der Waals surface area contributed by atoms with Gasteiger partial charge in [-0.2, -0.15) is 0 Å². The molecule has 1 aliphatic rings. The molecule has 1 aromatic rings. The van der Waals surface area contributed by atoms with E-state index in [9.17, 15) is 14.4 Å². The minimum Gasteiger partial charge on any atom is -0.342 e.